The van der Waals surface area contributed by atoms with E-state index in [1.807, 2.05) is 0 Å². The van der Waals surface area contributed by atoms with E-state index in [-0.39, 0.29) is 0 Å². The first-order chi connectivity index (χ1) is 6.99. The fourth-order valence-electron chi connectivity index (χ4n) is 0.967. The lowest BCUT2D eigenvalue weighted by Gasteiger charge is -2.14. The van der Waals surface area contributed by atoms with Gasteiger partial charge < -0.3 is 0 Å². The number of nitrogens with one attached hydrogen (secondary N) is 1. The Morgan fingerprint density at radius 1 is 1.27 bits per heavy atom. The minimum atomic E-state index is -4.00. The molecule has 0 saturated carbocycles. The average molecular weight is 360 g/mol. The van der Waals surface area contributed by atoms with Crippen LogP contribution < -0.4 is 10.8 Å². The van der Waals surface area contributed by atoms with Crippen molar-refractivity contribution in [1.82, 2.24) is 5.59 Å². The minimum absolute atomic E-state index is 0.457. The van der Waals surface area contributed by atoms with E-state index in [2.05, 4.69) is 46.0 Å². The van der Waals surface area contributed by atoms with Crippen LogP contribution in [0.3, 0.4) is 0 Å². The zero-order chi connectivity index (χ0) is 11.1. The number of nitrogens with zero attached hydrogens (tertiary/aromatic N) is 1. The van der Waals surface area contributed by atoms with Gasteiger partial charge in [0.25, 0.3) is 0 Å². The average Bonchev–Trinajstić information content (AvgIpc) is 2.46. The zero-order valence-electron chi connectivity index (χ0n) is 6.98. The summed E-state index contributed by atoms with van der Waals surface area (Å²) in [6.45, 7) is 0. The van der Waals surface area contributed by atoms with E-state index in [9.17, 15) is 8.42 Å². The molecule has 1 fully saturated rings. The van der Waals surface area contributed by atoms with Crippen molar-refractivity contribution in [2.45, 2.75) is 0 Å². The first kappa shape index (κ1) is 11.3. The molecule has 1 aliphatic heterocycles. The Hall–Kier alpha value is -0.190. The van der Waals surface area contributed by atoms with Gasteiger partial charge in [-0.2, -0.15) is 8.42 Å². The van der Waals surface area contributed by atoms with Crippen LogP contribution in [0.15, 0.2) is 27.1 Å². The largest absolute Gasteiger partial charge is 0.440 e. The molecule has 6 nitrogen and oxygen atoms in total. The molecule has 0 radical (unpaired) electrons. The van der Waals surface area contributed by atoms with Gasteiger partial charge in [0.1, 0.15) is 5.69 Å². The molecule has 1 aromatic rings. The zero-order valence-corrected chi connectivity index (χ0v) is 11.0. The van der Waals surface area contributed by atoms with Crippen molar-refractivity contribution in [3.05, 3.63) is 27.1 Å². The highest BCUT2D eigenvalue weighted by molar-refractivity contribution is 9.11. The molecule has 1 N–H and O–H groups in total. The lowest BCUT2D eigenvalue weighted by Crippen LogP contribution is -2.28. The predicted octanol–water partition coefficient (Wildman–Crippen LogP) is 1.64. The molecule has 1 heterocycles. The third-order valence-corrected chi connectivity index (χ3v) is 3.42. The van der Waals surface area contributed by atoms with Crippen LogP contribution in [0, 0.1) is 0 Å². The minimum Gasteiger partial charge on any atom is -0.165 e. The normalized spacial score (nSPS) is 19.5. The van der Waals surface area contributed by atoms with Crippen LogP contribution in [0.25, 0.3) is 0 Å². The summed E-state index contributed by atoms with van der Waals surface area (Å²) in [6, 6.07) is 5.25. The summed E-state index contributed by atoms with van der Waals surface area (Å²) in [6.07, 6.45) is 0. The van der Waals surface area contributed by atoms with Gasteiger partial charge in [0.15, 0.2) is 0 Å². The third kappa shape index (κ3) is 2.32. The fourth-order valence-corrected chi connectivity index (χ4v) is 2.76. The monoisotopic (exact) mass is 358 g/mol. The molecule has 0 aromatic heterocycles. The van der Waals surface area contributed by atoms with Gasteiger partial charge in [0.05, 0.1) is 0 Å². The molecule has 1 aliphatic rings. The highest BCUT2D eigenvalue weighted by Gasteiger charge is 2.31. The lowest BCUT2D eigenvalue weighted by molar-refractivity contribution is 0.197. The van der Waals surface area contributed by atoms with Crippen molar-refractivity contribution in [2.24, 2.45) is 0 Å². The highest BCUT2D eigenvalue weighted by atomic mass is 79.9. The van der Waals surface area contributed by atoms with Crippen molar-refractivity contribution in [3.63, 3.8) is 0 Å². The maximum atomic E-state index is 10.9. The van der Waals surface area contributed by atoms with Crippen molar-refractivity contribution < 1.29 is 17.0 Å². The van der Waals surface area contributed by atoms with Gasteiger partial charge in [0.2, 0.25) is 0 Å². The molecule has 0 bridgehead atoms. The standard InChI is InChI=1S/C6H4Br2N2O4S/c7-4-2-1-3-5(8)6(4)10-9-13-15(11,12)14-10/h1-3,9H. The number of benzene rings is 1. The van der Waals surface area contributed by atoms with E-state index in [1.165, 1.54) is 0 Å². The molecule has 9 heteroatoms. The smallest absolute Gasteiger partial charge is 0.165 e. The maximum absolute atomic E-state index is 10.9. The van der Waals surface area contributed by atoms with E-state index < -0.39 is 10.4 Å². The first-order valence-electron chi connectivity index (χ1n) is 3.62. The number of hydrogen-bond acceptors (Lipinski definition) is 6. The molecule has 0 amide bonds. The van der Waals surface area contributed by atoms with Crippen LogP contribution in [-0.2, 0) is 19.0 Å². The van der Waals surface area contributed by atoms with Crippen LogP contribution in [0.1, 0.15) is 0 Å². The molecular formula is C6H4Br2N2O4S. The second-order valence-corrected chi connectivity index (χ2v) is 5.36. The summed E-state index contributed by atoms with van der Waals surface area (Å²) >= 11 is 6.51. The summed E-state index contributed by atoms with van der Waals surface area (Å²) < 4.78 is 31.7. The molecule has 1 saturated heterocycles. The van der Waals surface area contributed by atoms with Gasteiger partial charge >= 0.3 is 10.4 Å². The van der Waals surface area contributed by atoms with E-state index in [0.29, 0.717) is 14.6 Å². The van der Waals surface area contributed by atoms with Crippen LogP contribution in [0.2, 0.25) is 0 Å². The number of rotatable bonds is 1. The van der Waals surface area contributed by atoms with Crippen LogP contribution in [0.5, 0.6) is 0 Å². The molecule has 0 aliphatic carbocycles. The number of hydrogen-bond donors (Lipinski definition) is 1. The molecule has 0 atom stereocenters. The molecule has 0 unspecified atom stereocenters. The van der Waals surface area contributed by atoms with Crippen molar-refractivity contribution >= 4 is 47.9 Å². The molecule has 2 rings (SSSR count). The Balaban J connectivity index is 2.40. The Labute approximate surface area is 103 Å². The van der Waals surface area contributed by atoms with Crippen molar-refractivity contribution in [2.75, 3.05) is 5.17 Å². The molecule has 82 valence electrons. The van der Waals surface area contributed by atoms with E-state index in [1.54, 1.807) is 18.2 Å². The molecule has 1 aromatic carbocycles. The number of halogens is 2. The quantitative estimate of drug-likeness (QED) is 0.822. The summed E-state index contributed by atoms with van der Waals surface area (Å²) in [4.78, 5) is 0. The van der Waals surface area contributed by atoms with Gasteiger partial charge in [-0.05, 0) is 44.0 Å². The third-order valence-electron chi connectivity index (χ3n) is 1.53. The molecule has 0 spiro atoms. The first-order valence-corrected chi connectivity index (χ1v) is 6.54. The number of hydrazine groups is 1. The summed E-state index contributed by atoms with van der Waals surface area (Å²) in [5, 5.41) is 0.892. The van der Waals surface area contributed by atoms with Crippen LogP contribution in [-0.4, -0.2) is 8.42 Å². The van der Waals surface area contributed by atoms with Gasteiger partial charge in [-0.1, -0.05) is 11.7 Å². The molecular weight excluding hydrogens is 356 g/mol. The lowest BCUT2D eigenvalue weighted by atomic mass is 10.3. The van der Waals surface area contributed by atoms with E-state index >= 15 is 0 Å². The van der Waals surface area contributed by atoms with Crippen LogP contribution >= 0.6 is 31.9 Å². The SMILES string of the molecule is O=S1(=O)ONN(c2c(Br)cccc2Br)O1. The topological polar surface area (TPSA) is 67.9 Å². The van der Waals surface area contributed by atoms with Gasteiger partial charge in [-0.25, -0.2) is 0 Å². The van der Waals surface area contributed by atoms with E-state index in [0.717, 1.165) is 5.17 Å². The second kappa shape index (κ2) is 4.00. The van der Waals surface area contributed by atoms with Gasteiger partial charge in [0, 0.05) is 8.95 Å². The predicted molar refractivity (Wildman–Crippen MR) is 58.5 cm³/mol. The Kier molecular flexibility index (Phi) is 3.01. The summed E-state index contributed by atoms with van der Waals surface area (Å²) in [5.74, 6) is 0. The van der Waals surface area contributed by atoms with Crippen molar-refractivity contribution in [1.29, 1.82) is 0 Å². The number of para-hydroxylation sites is 1. The second-order valence-electron chi connectivity index (χ2n) is 2.52. The van der Waals surface area contributed by atoms with E-state index in [4.69, 9.17) is 0 Å². The fraction of sp³-hybridized carbons (Fsp3) is 0. The van der Waals surface area contributed by atoms with Crippen LogP contribution in [0.4, 0.5) is 5.69 Å². The maximum Gasteiger partial charge on any atom is 0.440 e. The van der Waals surface area contributed by atoms with Gasteiger partial charge in [-0.15, -0.1) is 13.7 Å². The Morgan fingerprint density at radius 3 is 2.33 bits per heavy atom. The number of anilines is 1. The Bertz CT molecular complexity index is 472. The van der Waals surface area contributed by atoms with Gasteiger partial charge in [-0.3, -0.25) is 0 Å². The Morgan fingerprint density at radius 2 is 1.87 bits per heavy atom. The highest BCUT2D eigenvalue weighted by Crippen LogP contribution is 2.34. The molecule has 15 heavy (non-hydrogen) atoms. The summed E-state index contributed by atoms with van der Waals surface area (Å²) in [5.41, 5.74) is 2.56. The van der Waals surface area contributed by atoms with Crippen molar-refractivity contribution in [3.8, 4) is 0 Å². The summed E-state index contributed by atoms with van der Waals surface area (Å²) in [7, 11) is -4.00.